The van der Waals surface area contributed by atoms with Crippen molar-refractivity contribution in [2.45, 2.75) is 26.4 Å². The number of hydrogen-bond donors (Lipinski definition) is 1. The number of benzene rings is 3. The second-order valence-electron chi connectivity index (χ2n) is 6.35. The highest BCUT2D eigenvalue weighted by Crippen LogP contribution is 2.28. The zero-order chi connectivity index (χ0) is 16.4. The number of nitrogens with two attached hydrogens (primary N) is 1. The highest BCUT2D eigenvalue weighted by molar-refractivity contribution is 5.86. The monoisotopic (exact) mass is 304 g/mol. The van der Waals surface area contributed by atoms with E-state index in [1.165, 1.54) is 27.5 Å². The molecule has 3 rings (SSSR count). The van der Waals surface area contributed by atoms with E-state index >= 15 is 0 Å². The molecule has 3 aromatic rings. The van der Waals surface area contributed by atoms with Crippen molar-refractivity contribution >= 4 is 16.5 Å². The van der Waals surface area contributed by atoms with E-state index in [2.05, 4.69) is 80.4 Å². The average molecular weight is 304 g/mol. The molecule has 0 unspecified atom stereocenters. The van der Waals surface area contributed by atoms with Gasteiger partial charge in [0.2, 0.25) is 0 Å². The Balaban J connectivity index is 1.89. The minimum atomic E-state index is 0.335. The van der Waals surface area contributed by atoms with Crippen molar-refractivity contribution in [2.24, 2.45) is 0 Å². The lowest BCUT2D eigenvalue weighted by Crippen LogP contribution is -2.22. The molecule has 2 heteroatoms. The summed E-state index contributed by atoms with van der Waals surface area (Å²) in [4.78, 5) is 2.38. The molecule has 0 radical (unpaired) electrons. The molecule has 0 spiro atoms. The molecule has 0 aliphatic rings. The van der Waals surface area contributed by atoms with Gasteiger partial charge in [-0.3, -0.25) is 4.90 Å². The lowest BCUT2D eigenvalue weighted by Gasteiger charge is -2.27. The molecule has 0 saturated carbocycles. The van der Waals surface area contributed by atoms with Gasteiger partial charge in [0, 0.05) is 18.3 Å². The minimum Gasteiger partial charge on any atom is -0.399 e. The van der Waals surface area contributed by atoms with Crippen LogP contribution in [0.1, 0.15) is 29.7 Å². The van der Waals surface area contributed by atoms with Crippen LogP contribution in [0.4, 0.5) is 5.69 Å². The van der Waals surface area contributed by atoms with Crippen LogP contribution in [0, 0.1) is 6.92 Å². The third kappa shape index (κ3) is 3.22. The number of nitrogens with zero attached hydrogens (tertiary/aromatic N) is 1. The largest absolute Gasteiger partial charge is 0.399 e. The molecule has 0 saturated heterocycles. The molecule has 23 heavy (non-hydrogen) atoms. The average Bonchev–Trinajstić information content (AvgIpc) is 2.57. The maximum Gasteiger partial charge on any atom is 0.0326 e. The summed E-state index contributed by atoms with van der Waals surface area (Å²) in [5.41, 5.74) is 10.7. The summed E-state index contributed by atoms with van der Waals surface area (Å²) in [6.45, 7) is 5.30. The van der Waals surface area contributed by atoms with Gasteiger partial charge in [0.05, 0.1) is 0 Å². The molecule has 2 nitrogen and oxygen atoms in total. The molecule has 3 aromatic carbocycles. The van der Waals surface area contributed by atoms with Crippen LogP contribution in [0.5, 0.6) is 0 Å². The predicted molar refractivity (Wildman–Crippen MR) is 99.4 cm³/mol. The Hall–Kier alpha value is -2.32. The van der Waals surface area contributed by atoms with Crippen LogP contribution >= 0.6 is 0 Å². The molecule has 2 N–H and O–H groups in total. The zero-order valence-electron chi connectivity index (χ0n) is 14.1. The predicted octanol–water partition coefficient (Wildman–Crippen LogP) is 4.92. The van der Waals surface area contributed by atoms with Gasteiger partial charge in [-0.05, 0) is 60.5 Å². The fraction of sp³-hybridized carbons (Fsp3) is 0.238. The molecular formula is C21H24N2. The van der Waals surface area contributed by atoms with Crippen molar-refractivity contribution in [3.8, 4) is 0 Å². The van der Waals surface area contributed by atoms with Crippen molar-refractivity contribution in [2.75, 3.05) is 12.8 Å². The number of rotatable bonds is 4. The van der Waals surface area contributed by atoms with E-state index in [1.807, 2.05) is 6.07 Å². The van der Waals surface area contributed by atoms with E-state index in [0.717, 1.165) is 12.2 Å². The van der Waals surface area contributed by atoms with Crippen molar-refractivity contribution in [3.05, 3.63) is 77.4 Å². The molecule has 118 valence electrons. The summed E-state index contributed by atoms with van der Waals surface area (Å²) >= 11 is 0. The maximum atomic E-state index is 5.95. The third-order valence-electron chi connectivity index (χ3n) is 4.73. The molecule has 0 bridgehead atoms. The fourth-order valence-corrected chi connectivity index (χ4v) is 3.12. The first-order chi connectivity index (χ1) is 11.1. The smallest absolute Gasteiger partial charge is 0.0326 e. The molecule has 0 aliphatic carbocycles. The number of hydrogen-bond acceptors (Lipinski definition) is 2. The maximum absolute atomic E-state index is 5.95. The van der Waals surface area contributed by atoms with E-state index < -0.39 is 0 Å². The second kappa shape index (κ2) is 6.43. The van der Waals surface area contributed by atoms with Gasteiger partial charge >= 0.3 is 0 Å². The van der Waals surface area contributed by atoms with Gasteiger partial charge in [0.25, 0.3) is 0 Å². The van der Waals surface area contributed by atoms with Crippen LogP contribution in [0.25, 0.3) is 10.8 Å². The summed E-state index contributed by atoms with van der Waals surface area (Å²) in [6, 6.07) is 21.6. The van der Waals surface area contributed by atoms with Crippen molar-refractivity contribution < 1.29 is 0 Å². The number of anilines is 1. The highest BCUT2D eigenvalue weighted by Gasteiger charge is 2.15. The first-order valence-electron chi connectivity index (χ1n) is 8.09. The standard InChI is InChI=1S/C21H24N2/c1-15-11-12-19(22)13-18(15)14-23(3)16(2)20-10-6-8-17-7-4-5-9-21(17)20/h4-13,16H,14,22H2,1-3H3/t16-/m1/s1. The highest BCUT2D eigenvalue weighted by atomic mass is 15.1. The van der Waals surface area contributed by atoms with E-state index in [4.69, 9.17) is 5.73 Å². The number of aryl methyl sites for hydroxylation is 1. The zero-order valence-corrected chi connectivity index (χ0v) is 14.1. The molecule has 0 amide bonds. The SMILES string of the molecule is Cc1ccc(N)cc1CN(C)[C@H](C)c1cccc2ccccc12. The normalized spacial score (nSPS) is 12.7. The molecule has 1 atom stereocenters. The van der Waals surface area contributed by atoms with Gasteiger partial charge < -0.3 is 5.73 Å². The summed E-state index contributed by atoms with van der Waals surface area (Å²) in [5.74, 6) is 0. The van der Waals surface area contributed by atoms with Gasteiger partial charge in [0.1, 0.15) is 0 Å². The van der Waals surface area contributed by atoms with E-state index in [9.17, 15) is 0 Å². The van der Waals surface area contributed by atoms with Crippen LogP contribution in [0.3, 0.4) is 0 Å². The lowest BCUT2D eigenvalue weighted by atomic mass is 9.98. The Morgan fingerprint density at radius 2 is 1.74 bits per heavy atom. The summed E-state index contributed by atoms with van der Waals surface area (Å²) in [5, 5.41) is 2.63. The molecule has 0 heterocycles. The first-order valence-corrected chi connectivity index (χ1v) is 8.09. The van der Waals surface area contributed by atoms with Crippen LogP contribution in [-0.4, -0.2) is 11.9 Å². The Labute approximate surface area is 138 Å². The van der Waals surface area contributed by atoms with Gasteiger partial charge in [-0.1, -0.05) is 48.5 Å². The van der Waals surface area contributed by atoms with Gasteiger partial charge in [-0.2, -0.15) is 0 Å². The lowest BCUT2D eigenvalue weighted by molar-refractivity contribution is 0.254. The van der Waals surface area contributed by atoms with Crippen LogP contribution < -0.4 is 5.73 Å². The summed E-state index contributed by atoms with van der Waals surface area (Å²) in [7, 11) is 2.18. The molecule has 0 fully saturated rings. The van der Waals surface area contributed by atoms with Crippen LogP contribution in [-0.2, 0) is 6.54 Å². The topological polar surface area (TPSA) is 29.3 Å². The van der Waals surface area contributed by atoms with Gasteiger partial charge in [-0.25, -0.2) is 0 Å². The Morgan fingerprint density at radius 3 is 2.57 bits per heavy atom. The first kappa shape index (κ1) is 15.6. The van der Waals surface area contributed by atoms with Crippen molar-refractivity contribution in [1.29, 1.82) is 0 Å². The van der Waals surface area contributed by atoms with Crippen LogP contribution in [0.2, 0.25) is 0 Å². The number of nitrogen functional groups attached to an aromatic ring is 1. The van der Waals surface area contributed by atoms with Crippen molar-refractivity contribution in [1.82, 2.24) is 4.90 Å². The molecule has 0 aliphatic heterocycles. The van der Waals surface area contributed by atoms with Crippen molar-refractivity contribution in [3.63, 3.8) is 0 Å². The van der Waals surface area contributed by atoms with Crippen LogP contribution in [0.15, 0.2) is 60.7 Å². The molecule has 0 aromatic heterocycles. The third-order valence-corrected chi connectivity index (χ3v) is 4.73. The Morgan fingerprint density at radius 1 is 1.00 bits per heavy atom. The number of fused-ring (bicyclic) bond motifs is 1. The Kier molecular flexibility index (Phi) is 4.35. The quantitative estimate of drug-likeness (QED) is 0.693. The van der Waals surface area contributed by atoms with E-state index in [1.54, 1.807) is 0 Å². The van der Waals surface area contributed by atoms with Gasteiger partial charge in [-0.15, -0.1) is 0 Å². The minimum absolute atomic E-state index is 0.335. The summed E-state index contributed by atoms with van der Waals surface area (Å²) < 4.78 is 0. The molecular weight excluding hydrogens is 280 g/mol. The van der Waals surface area contributed by atoms with E-state index in [-0.39, 0.29) is 0 Å². The fourth-order valence-electron chi connectivity index (χ4n) is 3.12. The van der Waals surface area contributed by atoms with E-state index in [0.29, 0.717) is 6.04 Å². The summed E-state index contributed by atoms with van der Waals surface area (Å²) in [6.07, 6.45) is 0. The van der Waals surface area contributed by atoms with Gasteiger partial charge in [0.15, 0.2) is 0 Å². The Bertz CT molecular complexity index is 818. The second-order valence-corrected chi connectivity index (χ2v) is 6.35.